The first-order valence-corrected chi connectivity index (χ1v) is 7.18. The van der Waals surface area contributed by atoms with Crippen LogP contribution in [0.15, 0.2) is 23.1 Å². The summed E-state index contributed by atoms with van der Waals surface area (Å²) in [6, 6.07) is 2.46. The van der Waals surface area contributed by atoms with Crippen molar-refractivity contribution < 1.29 is 37.9 Å². The summed E-state index contributed by atoms with van der Waals surface area (Å²) in [4.78, 5) is 19.5. The van der Waals surface area contributed by atoms with E-state index in [0.29, 0.717) is 6.07 Å². The Labute approximate surface area is 133 Å². The highest BCUT2D eigenvalue weighted by atomic mass is 35.6. The minimum absolute atomic E-state index is 0.565. The third-order valence-electron chi connectivity index (χ3n) is 1.74. The van der Waals surface area contributed by atoms with Crippen LogP contribution in [0.2, 0.25) is 0 Å². The zero-order valence-corrected chi connectivity index (χ0v) is 12.8. The zero-order chi connectivity index (χ0) is 17.0. The summed E-state index contributed by atoms with van der Waals surface area (Å²) in [5.41, 5.74) is -0.583. The summed E-state index contributed by atoms with van der Waals surface area (Å²) < 4.78 is 27.6. The van der Waals surface area contributed by atoms with Crippen molar-refractivity contribution in [1.82, 2.24) is 0 Å². The smallest absolute Gasteiger partial charge is 0.356 e. The molecule has 0 aliphatic carbocycles. The number of hydrogen-bond acceptors (Lipinski definition) is 5. The molecule has 21 heavy (non-hydrogen) atoms. The van der Waals surface area contributed by atoms with E-state index in [9.17, 15) is 18.0 Å². The fraction of sp³-hybridized carbons (Fsp3) is 0.111. The summed E-state index contributed by atoms with van der Waals surface area (Å²) in [6.07, 6.45) is 0. The van der Waals surface area contributed by atoms with Crippen LogP contribution in [-0.4, -0.2) is 44.0 Å². The van der Waals surface area contributed by atoms with E-state index in [2.05, 4.69) is 0 Å². The Hall–Kier alpha value is -1.26. The maximum Gasteiger partial charge on any atom is 0.356 e. The molecule has 0 heterocycles. The lowest BCUT2D eigenvalue weighted by atomic mass is 10.2. The Bertz CT molecular complexity index is 649. The molecule has 0 unspecified atom stereocenters. The second-order valence-electron chi connectivity index (χ2n) is 3.26. The van der Waals surface area contributed by atoms with Crippen molar-refractivity contribution in [2.75, 3.05) is 0 Å². The molecule has 0 amide bonds. The van der Waals surface area contributed by atoms with Gasteiger partial charge in [-0.2, -0.15) is 8.42 Å². The van der Waals surface area contributed by atoms with Crippen molar-refractivity contribution in [3.8, 4) is 5.75 Å². The zero-order valence-electron chi connectivity index (χ0n) is 9.70. The van der Waals surface area contributed by atoms with Crippen LogP contribution in [0.25, 0.3) is 0 Å². The first kappa shape index (κ1) is 19.7. The van der Waals surface area contributed by atoms with Crippen molar-refractivity contribution in [1.29, 1.82) is 0 Å². The van der Waals surface area contributed by atoms with E-state index in [1.54, 1.807) is 0 Å². The molecule has 0 saturated carbocycles. The fourth-order valence-corrected chi connectivity index (χ4v) is 1.35. The molecule has 0 aliphatic heterocycles. The van der Waals surface area contributed by atoms with Crippen LogP contribution >= 0.6 is 34.8 Å². The van der Waals surface area contributed by atoms with Gasteiger partial charge in [0.05, 0.1) is 4.90 Å². The Morgan fingerprint density at radius 2 is 1.52 bits per heavy atom. The number of halogens is 3. The van der Waals surface area contributed by atoms with Crippen LogP contribution in [0.4, 0.5) is 0 Å². The van der Waals surface area contributed by atoms with Gasteiger partial charge in [-0.1, -0.05) is 34.8 Å². The van der Waals surface area contributed by atoms with Gasteiger partial charge in [0.25, 0.3) is 13.9 Å². The van der Waals surface area contributed by atoms with Crippen LogP contribution in [0.3, 0.4) is 0 Å². The van der Waals surface area contributed by atoms with Gasteiger partial charge in [0.15, 0.2) is 0 Å². The molecular weight excluding hydrogens is 375 g/mol. The molecule has 0 fully saturated rings. The van der Waals surface area contributed by atoms with Gasteiger partial charge < -0.3 is 15.3 Å². The van der Waals surface area contributed by atoms with Gasteiger partial charge in [-0.25, -0.2) is 9.59 Å². The topological polar surface area (TPSA) is 149 Å². The van der Waals surface area contributed by atoms with Gasteiger partial charge in [0.2, 0.25) is 0 Å². The molecule has 0 atom stereocenters. The Balaban J connectivity index is 0.000000486. The predicted octanol–water partition coefficient (Wildman–Crippen LogP) is 1.78. The standard InChI is InChI=1S/C7H6O6S.C2HCl3O2/c8-6-2-1-4(14(11,12)13)3-5(6)7(9)10;3-2(4,5)1(6)7/h1-3,8H,(H,9,10)(H,11,12,13);(H,6,7). The first-order valence-electron chi connectivity index (χ1n) is 4.60. The van der Waals surface area contributed by atoms with Crippen LogP contribution in [0, 0.1) is 0 Å². The van der Waals surface area contributed by atoms with E-state index in [1.807, 2.05) is 0 Å². The van der Waals surface area contributed by atoms with E-state index < -0.39 is 42.1 Å². The van der Waals surface area contributed by atoms with Crippen molar-refractivity contribution in [2.24, 2.45) is 0 Å². The number of benzene rings is 1. The summed E-state index contributed by atoms with van der Waals surface area (Å²) in [5, 5.41) is 25.4. The quantitative estimate of drug-likeness (QED) is 0.447. The van der Waals surface area contributed by atoms with Gasteiger partial charge >= 0.3 is 11.9 Å². The summed E-state index contributed by atoms with van der Waals surface area (Å²) >= 11 is 14.4. The number of phenols is 1. The average molecular weight is 382 g/mol. The summed E-state index contributed by atoms with van der Waals surface area (Å²) in [6.45, 7) is 0. The minimum atomic E-state index is -4.45. The molecule has 118 valence electrons. The van der Waals surface area contributed by atoms with Crippen molar-refractivity contribution >= 4 is 56.9 Å². The summed E-state index contributed by atoms with van der Waals surface area (Å²) in [5.74, 6) is -3.50. The number of carboxylic acid groups (broad SMARTS) is 2. The SMILES string of the molecule is O=C(O)C(Cl)(Cl)Cl.O=C(O)c1cc(S(=O)(=O)O)ccc1O. The number of aromatic hydroxyl groups is 1. The Morgan fingerprint density at radius 1 is 1.10 bits per heavy atom. The number of aliphatic carboxylic acids is 1. The molecule has 1 aromatic rings. The van der Waals surface area contributed by atoms with E-state index in [1.165, 1.54) is 0 Å². The van der Waals surface area contributed by atoms with Gasteiger partial charge in [0.1, 0.15) is 11.3 Å². The number of rotatable bonds is 2. The van der Waals surface area contributed by atoms with Crippen LogP contribution in [-0.2, 0) is 14.9 Å². The van der Waals surface area contributed by atoms with Crippen LogP contribution in [0.1, 0.15) is 10.4 Å². The fourth-order valence-electron chi connectivity index (χ4n) is 0.847. The Morgan fingerprint density at radius 3 is 1.81 bits per heavy atom. The highest BCUT2D eigenvalue weighted by Crippen LogP contribution is 2.25. The molecule has 0 aliphatic rings. The van der Waals surface area contributed by atoms with E-state index in [4.69, 9.17) is 54.7 Å². The molecule has 0 saturated heterocycles. The van der Waals surface area contributed by atoms with E-state index in [-0.39, 0.29) is 0 Å². The molecule has 0 radical (unpaired) electrons. The van der Waals surface area contributed by atoms with Gasteiger partial charge in [0, 0.05) is 0 Å². The van der Waals surface area contributed by atoms with Gasteiger partial charge in [-0.05, 0) is 18.2 Å². The van der Waals surface area contributed by atoms with E-state index >= 15 is 0 Å². The Kier molecular flexibility index (Phi) is 6.71. The largest absolute Gasteiger partial charge is 0.507 e. The lowest BCUT2D eigenvalue weighted by Gasteiger charge is -2.01. The molecule has 1 rings (SSSR count). The third kappa shape index (κ3) is 6.82. The van der Waals surface area contributed by atoms with Crippen molar-refractivity contribution in [3.63, 3.8) is 0 Å². The molecule has 4 N–H and O–H groups in total. The average Bonchev–Trinajstić information content (AvgIpc) is 2.26. The monoisotopic (exact) mass is 380 g/mol. The first-order chi connectivity index (χ1) is 9.26. The normalized spacial score (nSPS) is 11.2. The second-order valence-corrected chi connectivity index (χ2v) is 6.96. The van der Waals surface area contributed by atoms with Crippen molar-refractivity contribution in [2.45, 2.75) is 8.69 Å². The van der Waals surface area contributed by atoms with E-state index in [0.717, 1.165) is 12.1 Å². The van der Waals surface area contributed by atoms with Crippen molar-refractivity contribution in [3.05, 3.63) is 23.8 Å². The number of aromatic carboxylic acids is 1. The number of carboxylic acids is 2. The minimum Gasteiger partial charge on any atom is -0.507 e. The highest BCUT2D eigenvalue weighted by molar-refractivity contribution is 7.85. The lowest BCUT2D eigenvalue weighted by molar-refractivity contribution is -0.135. The molecule has 0 bridgehead atoms. The molecular formula is C9H7Cl3O8S. The van der Waals surface area contributed by atoms with Crippen LogP contribution in [0.5, 0.6) is 5.75 Å². The highest BCUT2D eigenvalue weighted by Gasteiger charge is 2.29. The van der Waals surface area contributed by atoms with Crippen LogP contribution < -0.4 is 0 Å². The number of alkyl halides is 3. The molecule has 0 spiro atoms. The summed E-state index contributed by atoms with van der Waals surface area (Å²) in [7, 11) is -4.45. The maximum absolute atomic E-state index is 10.6. The predicted molar refractivity (Wildman–Crippen MR) is 72.8 cm³/mol. The maximum atomic E-state index is 10.6. The lowest BCUT2D eigenvalue weighted by Crippen LogP contribution is -2.16. The third-order valence-corrected chi connectivity index (χ3v) is 3.07. The van der Waals surface area contributed by atoms with Gasteiger partial charge in [-0.15, -0.1) is 0 Å². The second kappa shape index (κ2) is 7.14. The number of carbonyl (C=O) groups is 2. The molecule has 1 aromatic carbocycles. The van der Waals surface area contributed by atoms with Gasteiger partial charge in [-0.3, -0.25) is 4.55 Å². The molecule has 12 heteroatoms. The molecule has 0 aromatic heterocycles. The number of hydrogen-bond donors (Lipinski definition) is 4. The molecule has 8 nitrogen and oxygen atoms in total.